The van der Waals surface area contributed by atoms with Gasteiger partial charge in [0.2, 0.25) is 11.8 Å². The summed E-state index contributed by atoms with van der Waals surface area (Å²) in [4.78, 5) is 40.5. The average Bonchev–Trinajstić information content (AvgIpc) is 2.92. The summed E-state index contributed by atoms with van der Waals surface area (Å²) in [6, 6.07) is 6.01. The smallest absolute Gasteiger partial charge is 0.358 e. The van der Waals surface area contributed by atoms with Crippen LogP contribution in [0.3, 0.4) is 0 Å². The molecular weight excluding hydrogens is 396 g/mol. The van der Waals surface area contributed by atoms with Gasteiger partial charge in [0.05, 0.1) is 18.1 Å². The number of nitrogens with zero attached hydrogens (tertiary/aromatic N) is 1. The van der Waals surface area contributed by atoms with Crippen molar-refractivity contribution in [3.8, 4) is 5.75 Å². The molecule has 1 aromatic carbocycles. The van der Waals surface area contributed by atoms with Gasteiger partial charge in [0.15, 0.2) is 7.98 Å². The molecule has 1 aromatic rings. The summed E-state index contributed by atoms with van der Waals surface area (Å²) < 4.78 is 11.0. The third-order valence-corrected chi connectivity index (χ3v) is 5.78. The van der Waals surface area contributed by atoms with Gasteiger partial charge in [-0.3, -0.25) is 9.59 Å². The fraction of sp³-hybridized carbons (Fsp3) is 0.389. The summed E-state index contributed by atoms with van der Waals surface area (Å²) in [6.45, 7) is 3.54. The molecule has 5 atom stereocenters. The van der Waals surface area contributed by atoms with E-state index in [1.54, 1.807) is 39.2 Å². The second kappa shape index (κ2) is 8.53. The van der Waals surface area contributed by atoms with E-state index in [9.17, 15) is 19.5 Å². The van der Waals surface area contributed by atoms with E-state index in [1.165, 1.54) is 4.90 Å². The van der Waals surface area contributed by atoms with Crippen LogP contribution in [0.1, 0.15) is 24.2 Å². The molecule has 0 aliphatic carbocycles. The molecule has 2 amide bonds. The summed E-state index contributed by atoms with van der Waals surface area (Å²) in [5.74, 6) is -1.69. The minimum atomic E-state index is -0.815. The van der Waals surface area contributed by atoms with Crippen molar-refractivity contribution in [3.05, 3.63) is 41.1 Å². The van der Waals surface area contributed by atoms with Crippen LogP contribution in [0.15, 0.2) is 35.5 Å². The molecule has 1 fully saturated rings. The lowest BCUT2D eigenvalue weighted by atomic mass is 9.78. The number of amides is 2. The van der Waals surface area contributed by atoms with Crippen LogP contribution in [0.2, 0.25) is 0 Å². The number of hydrogen-bond donors (Lipinski definition) is 3. The van der Waals surface area contributed by atoms with Gasteiger partial charge in [-0.15, -0.1) is 0 Å². The van der Waals surface area contributed by atoms with Crippen molar-refractivity contribution in [3.63, 3.8) is 0 Å². The molecule has 9 nitrogen and oxygen atoms in total. The highest BCUT2D eigenvalue weighted by molar-refractivity contribution is 7.32. The number of carbonyl (C=O) groups excluding carboxylic acids is 3. The summed E-state index contributed by atoms with van der Waals surface area (Å²) in [6.07, 6.45) is -0.815. The minimum absolute atomic E-state index is 0.0665. The Labute approximate surface area is 170 Å². The standard InChI is InChI=1S/C18H23BN3O6P/c1-8-12(7-27-11-5-3-10(4-6-11)16(20)24)15(18(26)28-29-21-19)22-14(8)13(9(2)23)17(22)25/h3-6,8-9,13-14,21,23,29H,7,19H2,1-2H3,(H2,20,24)/t8-,9+,13+,14+/m0/s1. The summed E-state index contributed by atoms with van der Waals surface area (Å²) >= 11 is 0. The van der Waals surface area contributed by atoms with Gasteiger partial charge < -0.3 is 30.0 Å². The van der Waals surface area contributed by atoms with Crippen molar-refractivity contribution in [2.24, 2.45) is 17.6 Å². The lowest BCUT2D eigenvalue weighted by Gasteiger charge is -2.46. The molecule has 0 saturated carbocycles. The van der Waals surface area contributed by atoms with E-state index >= 15 is 0 Å². The third kappa shape index (κ3) is 3.88. The number of rotatable bonds is 8. The molecule has 1 saturated heterocycles. The van der Waals surface area contributed by atoms with Gasteiger partial charge in [0.1, 0.15) is 27.0 Å². The van der Waals surface area contributed by atoms with Gasteiger partial charge in [-0.05, 0) is 31.2 Å². The Morgan fingerprint density at radius 3 is 2.59 bits per heavy atom. The molecule has 0 radical (unpaired) electrons. The number of primary amides is 1. The predicted octanol–water partition coefficient (Wildman–Crippen LogP) is -0.535. The van der Waals surface area contributed by atoms with Crippen LogP contribution in [0.4, 0.5) is 0 Å². The van der Waals surface area contributed by atoms with Gasteiger partial charge in [-0.2, -0.15) is 0 Å². The number of nitrogens with one attached hydrogen (secondary N) is 1. The Hall–Kier alpha value is -2.42. The van der Waals surface area contributed by atoms with E-state index in [0.717, 1.165) is 0 Å². The van der Waals surface area contributed by atoms with Crippen LogP contribution < -0.4 is 15.5 Å². The molecule has 154 valence electrons. The lowest BCUT2D eigenvalue weighted by molar-refractivity contribution is -0.162. The van der Waals surface area contributed by atoms with E-state index in [-0.39, 0.29) is 39.1 Å². The first-order valence-corrected chi connectivity index (χ1v) is 10.1. The molecule has 4 N–H and O–H groups in total. The first kappa shape index (κ1) is 21.3. The molecule has 2 aliphatic heterocycles. The maximum Gasteiger partial charge on any atom is 0.358 e. The van der Waals surface area contributed by atoms with Crippen LogP contribution in [0, 0.1) is 11.8 Å². The largest absolute Gasteiger partial charge is 0.489 e. The number of aliphatic hydroxyl groups excluding tert-OH is 1. The fourth-order valence-corrected chi connectivity index (χ4v) is 4.14. The molecule has 0 aromatic heterocycles. The highest BCUT2D eigenvalue weighted by Crippen LogP contribution is 2.47. The van der Waals surface area contributed by atoms with Crippen LogP contribution in [0.25, 0.3) is 0 Å². The van der Waals surface area contributed by atoms with Crippen molar-refractivity contribution >= 4 is 34.7 Å². The van der Waals surface area contributed by atoms with Crippen molar-refractivity contribution < 1.29 is 28.8 Å². The molecule has 1 unspecified atom stereocenters. The van der Waals surface area contributed by atoms with Crippen molar-refractivity contribution in [2.45, 2.75) is 26.0 Å². The Balaban J connectivity index is 1.84. The monoisotopic (exact) mass is 419 g/mol. The fourth-order valence-electron chi connectivity index (χ4n) is 3.85. The SMILES string of the molecule is BNPOC(=O)C1=C(COc2ccc(C(N)=O)cc2)[C@H](C)[C@@H]2[C@@H]([C@@H](C)O)C(=O)N12. The molecule has 0 bridgehead atoms. The number of fused-ring (bicyclic) bond motifs is 1. The quantitative estimate of drug-likeness (QED) is 0.293. The maximum atomic E-state index is 12.6. The normalized spacial score (nSPS) is 24.4. The number of aliphatic hydroxyl groups is 1. The Kier molecular flexibility index (Phi) is 6.26. The molecular formula is C18H23BN3O6P. The number of nitrogens with two attached hydrogens (primary N) is 1. The maximum absolute atomic E-state index is 12.6. The van der Waals surface area contributed by atoms with E-state index in [4.69, 9.17) is 15.0 Å². The molecule has 2 heterocycles. The van der Waals surface area contributed by atoms with Crippen LogP contribution in [0.5, 0.6) is 5.75 Å². The Bertz CT molecular complexity index is 860. The lowest BCUT2D eigenvalue weighted by Crippen LogP contribution is -2.63. The zero-order valence-corrected chi connectivity index (χ0v) is 17.3. The van der Waals surface area contributed by atoms with Gasteiger partial charge in [-0.25, -0.2) is 4.79 Å². The predicted molar refractivity (Wildman–Crippen MR) is 109 cm³/mol. The highest BCUT2D eigenvalue weighted by Gasteiger charge is 2.60. The molecule has 2 aliphatic rings. The molecule has 11 heteroatoms. The number of β-lactam (4-membered cyclic amide) rings is 1. The number of ether oxygens (including phenoxy) is 1. The van der Waals surface area contributed by atoms with Crippen LogP contribution >= 0.6 is 8.96 Å². The van der Waals surface area contributed by atoms with Crippen molar-refractivity contribution in [1.82, 2.24) is 9.90 Å². The Morgan fingerprint density at radius 2 is 2.03 bits per heavy atom. The van der Waals surface area contributed by atoms with Gasteiger partial charge in [0, 0.05) is 17.1 Å². The molecule has 0 spiro atoms. The number of benzene rings is 1. The third-order valence-electron chi connectivity index (χ3n) is 5.29. The van der Waals surface area contributed by atoms with E-state index < -0.39 is 23.9 Å². The minimum Gasteiger partial charge on any atom is -0.489 e. The first-order valence-electron chi connectivity index (χ1n) is 9.17. The van der Waals surface area contributed by atoms with Crippen LogP contribution in [-0.4, -0.2) is 54.5 Å². The van der Waals surface area contributed by atoms with Crippen LogP contribution in [-0.2, 0) is 14.1 Å². The molecule has 29 heavy (non-hydrogen) atoms. The topological polar surface area (TPSA) is 131 Å². The zero-order valence-electron chi connectivity index (χ0n) is 16.3. The second-order valence-corrected chi connectivity index (χ2v) is 7.95. The number of hydrogen-bond acceptors (Lipinski definition) is 7. The van der Waals surface area contributed by atoms with E-state index in [2.05, 4.69) is 5.00 Å². The summed E-state index contributed by atoms with van der Waals surface area (Å²) in [7, 11) is 1.41. The summed E-state index contributed by atoms with van der Waals surface area (Å²) in [5.41, 5.74) is 6.41. The van der Waals surface area contributed by atoms with Crippen molar-refractivity contribution in [2.75, 3.05) is 6.61 Å². The second-order valence-electron chi connectivity index (χ2n) is 7.05. The summed E-state index contributed by atoms with van der Waals surface area (Å²) in [5, 5.41) is 9.98. The molecule has 3 rings (SSSR count). The van der Waals surface area contributed by atoms with Gasteiger partial charge in [0.25, 0.3) is 0 Å². The zero-order chi connectivity index (χ0) is 21.3. The highest BCUT2D eigenvalue weighted by atomic mass is 31.1. The van der Waals surface area contributed by atoms with Gasteiger partial charge in [-0.1, -0.05) is 6.92 Å². The number of carbonyl (C=O) groups is 3. The average molecular weight is 419 g/mol. The van der Waals surface area contributed by atoms with E-state index in [0.29, 0.717) is 16.9 Å². The van der Waals surface area contributed by atoms with Crippen molar-refractivity contribution in [1.29, 1.82) is 0 Å². The first-order chi connectivity index (χ1) is 13.8. The Morgan fingerprint density at radius 1 is 1.38 bits per heavy atom. The van der Waals surface area contributed by atoms with Gasteiger partial charge >= 0.3 is 5.97 Å². The van der Waals surface area contributed by atoms with E-state index in [1.807, 2.05) is 6.92 Å².